The van der Waals surface area contributed by atoms with Crippen LogP contribution in [0.15, 0.2) is 24.3 Å². The average molecular weight is 194 g/mol. The molecule has 2 aliphatic carbocycles. The highest BCUT2D eigenvalue weighted by Crippen LogP contribution is 2.31. The van der Waals surface area contributed by atoms with Gasteiger partial charge in [-0.1, -0.05) is 24.3 Å². The second-order valence-electron chi connectivity index (χ2n) is 4.39. The lowest BCUT2D eigenvalue weighted by Gasteiger charge is -2.29. The summed E-state index contributed by atoms with van der Waals surface area (Å²) in [6.45, 7) is 0. The lowest BCUT2D eigenvalue weighted by Crippen LogP contribution is -2.22. The summed E-state index contributed by atoms with van der Waals surface area (Å²) in [7, 11) is 0. The Balaban J connectivity index is 1.96. The van der Waals surface area contributed by atoms with Crippen molar-refractivity contribution in [1.82, 2.24) is 0 Å². The summed E-state index contributed by atoms with van der Waals surface area (Å²) in [6.07, 6.45) is 11.5. The Labute approximate surface area is 85.0 Å². The van der Waals surface area contributed by atoms with E-state index in [1.807, 2.05) is 12.2 Å². The zero-order valence-electron chi connectivity index (χ0n) is 8.34. The molecule has 2 rings (SSSR count). The van der Waals surface area contributed by atoms with Crippen molar-refractivity contribution in [2.45, 2.75) is 37.9 Å². The summed E-state index contributed by atoms with van der Waals surface area (Å²) in [4.78, 5) is 0. The molecular weight excluding hydrogens is 176 g/mol. The van der Waals surface area contributed by atoms with Crippen molar-refractivity contribution in [3.05, 3.63) is 24.3 Å². The fourth-order valence-electron chi connectivity index (χ4n) is 2.37. The van der Waals surface area contributed by atoms with Crippen LogP contribution in [0.4, 0.5) is 0 Å². The van der Waals surface area contributed by atoms with Crippen molar-refractivity contribution < 1.29 is 10.2 Å². The van der Waals surface area contributed by atoms with E-state index in [2.05, 4.69) is 12.2 Å². The molecule has 0 aliphatic heterocycles. The fraction of sp³-hybridized carbons (Fsp3) is 0.667. The van der Waals surface area contributed by atoms with Gasteiger partial charge in [0.1, 0.15) is 0 Å². The fourth-order valence-corrected chi connectivity index (χ4v) is 2.37. The van der Waals surface area contributed by atoms with Gasteiger partial charge < -0.3 is 10.2 Å². The van der Waals surface area contributed by atoms with E-state index in [4.69, 9.17) is 0 Å². The van der Waals surface area contributed by atoms with Gasteiger partial charge in [-0.05, 0) is 37.5 Å². The Morgan fingerprint density at radius 3 is 1.36 bits per heavy atom. The number of hydrogen-bond donors (Lipinski definition) is 2. The van der Waals surface area contributed by atoms with Crippen LogP contribution in [0.2, 0.25) is 0 Å². The van der Waals surface area contributed by atoms with E-state index < -0.39 is 0 Å². The zero-order chi connectivity index (χ0) is 9.97. The van der Waals surface area contributed by atoms with Gasteiger partial charge in [-0.25, -0.2) is 0 Å². The molecule has 4 unspecified atom stereocenters. The largest absolute Gasteiger partial charge is 0.389 e. The Kier molecular flexibility index (Phi) is 3.04. The van der Waals surface area contributed by atoms with Crippen LogP contribution in [-0.4, -0.2) is 22.4 Å². The second-order valence-corrected chi connectivity index (χ2v) is 4.39. The van der Waals surface area contributed by atoms with Crippen LogP contribution in [0.5, 0.6) is 0 Å². The predicted molar refractivity (Wildman–Crippen MR) is 55.7 cm³/mol. The van der Waals surface area contributed by atoms with Crippen LogP contribution >= 0.6 is 0 Å². The van der Waals surface area contributed by atoms with Gasteiger partial charge in [0.05, 0.1) is 12.2 Å². The summed E-state index contributed by atoms with van der Waals surface area (Å²) in [6, 6.07) is 0. The predicted octanol–water partition coefficient (Wildman–Crippen LogP) is 1.64. The minimum atomic E-state index is -0.232. The first-order valence-corrected chi connectivity index (χ1v) is 5.48. The van der Waals surface area contributed by atoms with E-state index in [-0.39, 0.29) is 12.2 Å². The molecule has 0 aromatic rings. The van der Waals surface area contributed by atoms with Gasteiger partial charge >= 0.3 is 0 Å². The van der Waals surface area contributed by atoms with E-state index in [0.717, 1.165) is 25.7 Å². The van der Waals surface area contributed by atoms with Crippen LogP contribution in [0.1, 0.15) is 25.7 Å². The average Bonchev–Trinajstić information content (AvgIpc) is 2.21. The highest BCUT2D eigenvalue weighted by atomic mass is 16.3. The molecule has 0 heterocycles. The molecule has 0 fully saturated rings. The molecule has 14 heavy (non-hydrogen) atoms. The van der Waals surface area contributed by atoms with Crippen molar-refractivity contribution in [1.29, 1.82) is 0 Å². The first-order valence-electron chi connectivity index (χ1n) is 5.48. The molecule has 0 saturated heterocycles. The smallest absolute Gasteiger partial charge is 0.0721 e. The molecule has 4 atom stereocenters. The Morgan fingerprint density at radius 2 is 1.07 bits per heavy atom. The highest BCUT2D eigenvalue weighted by molar-refractivity contribution is 5.08. The molecule has 0 saturated carbocycles. The minimum absolute atomic E-state index is 0.232. The van der Waals surface area contributed by atoms with Gasteiger partial charge in [0.15, 0.2) is 0 Å². The monoisotopic (exact) mass is 194 g/mol. The third kappa shape index (κ3) is 2.25. The summed E-state index contributed by atoms with van der Waals surface area (Å²) in [5.41, 5.74) is 0. The molecule has 78 valence electrons. The summed E-state index contributed by atoms with van der Waals surface area (Å²) in [5, 5.41) is 18.6. The van der Waals surface area contributed by atoms with Crippen LogP contribution in [0.25, 0.3) is 0 Å². The van der Waals surface area contributed by atoms with Gasteiger partial charge in [0.2, 0.25) is 0 Å². The third-order valence-corrected chi connectivity index (χ3v) is 3.30. The second kappa shape index (κ2) is 4.28. The van der Waals surface area contributed by atoms with Gasteiger partial charge in [0.25, 0.3) is 0 Å². The van der Waals surface area contributed by atoms with Crippen LogP contribution < -0.4 is 0 Å². The maximum atomic E-state index is 9.32. The van der Waals surface area contributed by atoms with E-state index in [1.165, 1.54) is 0 Å². The van der Waals surface area contributed by atoms with Crippen molar-refractivity contribution in [3.8, 4) is 0 Å². The molecule has 0 radical (unpaired) electrons. The van der Waals surface area contributed by atoms with Gasteiger partial charge in [-0.3, -0.25) is 0 Å². The molecule has 0 spiro atoms. The zero-order valence-corrected chi connectivity index (χ0v) is 8.34. The molecule has 0 aromatic carbocycles. The van der Waals surface area contributed by atoms with Crippen molar-refractivity contribution in [2.75, 3.05) is 0 Å². The highest BCUT2D eigenvalue weighted by Gasteiger charge is 2.23. The summed E-state index contributed by atoms with van der Waals surface area (Å²) >= 11 is 0. The summed E-state index contributed by atoms with van der Waals surface area (Å²) in [5.74, 6) is 1.14. The Bertz CT molecular complexity index is 219. The number of aliphatic hydroxyl groups is 2. The molecule has 2 N–H and O–H groups in total. The van der Waals surface area contributed by atoms with Crippen molar-refractivity contribution >= 4 is 0 Å². The number of rotatable bonds is 1. The Morgan fingerprint density at radius 1 is 0.643 bits per heavy atom. The maximum Gasteiger partial charge on any atom is 0.0721 e. The number of hydrogen-bond acceptors (Lipinski definition) is 2. The van der Waals surface area contributed by atoms with Crippen molar-refractivity contribution in [2.24, 2.45) is 11.8 Å². The van der Waals surface area contributed by atoms with Crippen molar-refractivity contribution in [3.63, 3.8) is 0 Å². The van der Waals surface area contributed by atoms with Crippen LogP contribution in [-0.2, 0) is 0 Å². The van der Waals surface area contributed by atoms with Crippen LogP contribution in [0.3, 0.4) is 0 Å². The van der Waals surface area contributed by atoms with Gasteiger partial charge in [-0.2, -0.15) is 0 Å². The molecule has 0 aromatic heterocycles. The maximum absolute atomic E-state index is 9.32. The quantitative estimate of drug-likeness (QED) is 0.623. The van der Waals surface area contributed by atoms with Crippen LogP contribution in [0, 0.1) is 11.8 Å². The molecular formula is C12H18O2. The topological polar surface area (TPSA) is 40.5 Å². The molecule has 2 heteroatoms. The third-order valence-electron chi connectivity index (χ3n) is 3.30. The molecule has 0 bridgehead atoms. The molecule has 0 amide bonds. The molecule has 2 aliphatic rings. The normalized spacial score (nSPS) is 42.7. The van der Waals surface area contributed by atoms with Gasteiger partial charge in [-0.15, -0.1) is 0 Å². The van der Waals surface area contributed by atoms with Gasteiger partial charge in [0, 0.05) is 0 Å². The lowest BCUT2D eigenvalue weighted by molar-refractivity contribution is 0.169. The number of aliphatic hydroxyl groups excluding tert-OH is 2. The van der Waals surface area contributed by atoms with E-state index in [1.54, 1.807) is 0 Å². The first-order chi connectivity index (χ1) is 6.75. The standard InChI is InChI=1S/C12H18O2/c13-11-5-1-9(2-6-11)10-3-7-12(14)8-4-10/h1,3,5,7,9-14H,2,4,6,8H2. The number of allylic oxidation sites excluding steroid dienone is 2. The lowest BCUT2D eigenvalue weighted by atomic mass is 9.78. The Hall–Kier alpha value is -0.600. The summed E-state index contributed by atoms with van der Waals surface area (Å²) < 4.78 is 0. The minimum Gasteiger partial charge on any atom is -0.389 e. The van der Waals surface area contributed by atoms with E-state index in [9.17, 15) is 10.2 Å². The first kappa shape index (κ1) is 9.94. The SMILES string of the molecule is OC1C=CC(C2C=CC(O)CC2)CC1. The molecule has 2 nitrogen and oxygen atoms in total. The van der Waals surface area contributed by atoms with E-state index >= 15 is 0 Å². The van der Waals surface area contributed by atoms with E-state index in [0.29, 0.717) is 11.8 Å².